The van der Waals surface area contributed by atoms with E-state index in [0.717, 1.165) is 66.0 Å². The first-order valence-corrected chi connectivity index (χ1v) is 12.3. The number of benzene rings is 2. The lowest BCUT2D eigenvalue weighted by Gasteiger charge is -2.35. The van der Waals surface area contributed by atoms with E-state index in [9.17, 15) is 4.79 Å². The molecular weight excluding hydrogens is 406 g/mol. The van der Waals surface area contributed by atoms with E-state index < -0.39 is 0 Å². The number of ketones is 1. The van der Waals surface area contributed by atoms with Crippen molar-refractivity contribution in [3.05, 3.63) is 70.8 Å². The molecule has 4 heteroatoms. The molecule has 4 nitrogen and oxygen atoms in total. The lowest BCUT2D eigenvalue weighted by Crippen LogP contribution is -2.48. The molecule has 0 spiro atoms. The predicted octanol–water partition coefficient (Wildman–Crippen LogP) is 5.51. The number of rotatable bonds is 8. The van der Waals surface area contributed by atoms with Crippen molar-refractivity contribution in [1.29, 1.82) is 0 Å². The zero-order chi connectivity index (χ0) is 24.0. The van der Waals surface area contributed by atoms with Gasteiger partial charge in [0.15, 0.2) is 5.78 Å². The maximum Gasteiger partial charge on any atom is 0.196 e. The van der Waals surface area contributed by atoms with Crippen molar-refractivity contribution in [2.45, 2.75) is 27.7 Å². The number of quaternary nitrogens is 1. The van der Waals surface area contributed by atoms with Gasteiger partial charge in [-0.2, -0.15) is 0 Å². The number of carbonyl (C=O) groups excluding carboxylic acids is 1. The van der Waals surface area contributed by atoms with Crippen molar-refractivity contribution in [3.63, 3.8) is 0 Å². The molecule has 0 atom stereocenters. The molecule has 2 aromatic carbocycles. The molecule has 1 saturated heterocycles. The first-order chi connectivity index (χ1) is 15.8. The van der Waals surface area contributed by atoms with E-state index in [4.69, 9.17) is 0 Å². The van der Waals surface area contributed by atoms with Gasteiger partial charge in [-0.05, 0) is 75.2 Å². The highest BCUT2D eigenvalue weighted by atomic mass is 16.1. The minimum Gasteiger partial charge on any atom is -0.372 e. The highest BCUT2D eigenvalue weighted by Gasteiger charge is 2.33. The Kier molecular flexibility index (Phi) is 8.15. The molecule has 0 unspecified atom stereocenters. The zero-order valence-electron chi connectivity index (χ0n) is 21.3. The lowest BCUT2D eigenvalue weighted by molar-refractivity contribution is -0.881. The summed E-state index contributed by atoms with van der Waals surface area (Å²) in [5.41, 5.74) is 6.38. The highest BCUT2D eigenvalue weighted by molar-refractivity contribution is 6.14. The van der Waals surface area contributed by atoms with Crippen molar-refractivity contribution in [2.24, 2.45) is 0 Å². The third-order valence-electron chi connectivity index (χ3n) is 6.51. The van der Waals surface area contributed by atoms with Gasteiger partial charge in [0.05, 0.1) is 25.2 Å². The second kappa shape index (κ2) is 10.8. The molecule has 3 rings (SSSR count). The van der Waals surface area contributed by atoms with Crippen molar-refractivity contribution >= 4 is 29.3 Å². The number of hydrogen-bond acceptors (Lipinski definition) is 3. The second-order valence-corrected chi connectivity index (χ2v) is 9.45. The Morgan fingerprint density at radius 1 is 0.667 bits per heavy atom. The van der Waals surface area contributed by atoms with Crippen LogP contribution in [0.1, 0.15) is 38.8 Å². The second-order valence-electron chi connectivity index (χ2n) is 9.45. The zero-order valence-corrected chi connectivity index (χ0v) is 21.3. The van der Waals surface area contributed by atoms with E-state index in [1.807, 2.05) is 0 Å². The molecule has 176 valence electrons. The van der Waals surface area contributed by atoms with Gasteiger partial charge in [0.25, 0.3) is 0 Å². The molecule has 1 aliphatic rings. The molecule has 1 heterocycles. The summed E-state index contributed by atoms with van der Waals surface area (Å²) in [7, 11) is 4.39. The molecule has 0 saturated carbocycles. The number of hydrogen-bond donors (Lipinski definition) is 0. The summed E-state index contributed by atoms with van der Waals surface area (Å²) in [5.74, 6) is 0.174. The van der Waals surface area contributed by atoms with Gasteiger partial charge in [0, 0.05) is 37.6 Å². The van der Waals surface area contributed by atoms with Crippen LogP contribution in [0.2, 0.25) is 0 Å². The topological polar surface area (TPSA) is 23.6 Å². The van der Waals surface area contributed by atoms with Gasteiger partial charge in [0.1, 0.15) is 13.1 Å². The largest absolute Gasteiger partial charge is 0.372 e. The van der Waals surface area contributed by atoms with E-state index in [1.54, 1.807) is 0 Å². The van der Waals surface area contributed by atoms with Gasteiger partial charge in [-0.25, -0.2) is 0 Å². The van der Waals surface area contributed by atoms with Crippen LogP contribution in [0.15, 0.2) is 59.7 Å². The first kappa shape index (κ1) is 24.8. The molecular formula is C29H40N3O+. The van der Waals surface area contributed by atoms with Gasteiger partial charge >= 0.3 is 0 Å². The smallest absolute Gasteiger partial charge is 0.196 e. The SMILES string of the molecule is CCN(CC)c1ccc(C=C2C[N+](C)(C)CC(=Cc3ccc(N(CC)CC)cc3)C2=O)cc1. The maximum atomic E-state index is 13.4. The van der Waals surface area contributed by atoms with Gasteiger partial charge in [-0.3, -0.25) is 4.79 Å². The third-order valence-corrected chi connectivity index (χ3v) is 6.51. The van der Waals surface area contributed by atoms with E-state index in [2.05, 4.69) is 112 Å². The summed E-state index contributed by atoms with van der Waals surface area (Å²) in [6.07, 6.45) is 4.15. The van der Waals surface area contributed by atoms with Crippen LogP contribution in [0.5, 0.6) is 0 Å². The Balaban J connectivity index is 1.86. The van der Waals surface area contributed by atoms with Crippen molar-refractivity contribution in [1.82, 2.24) is 0 Å². The predicted molar refractivity (Wildman–Crippen MR) is 143 cm³/mol. The standard InChI is InChI=1S/C29H40N3O/c1-7-30(8-2)27-15-11-23(12-16-27)19-25-21-32(5,6)22-26(29(25)33)20-24-13-17-28(18-14-24)31(9-3)10-4/h11-20H,7-10,21-22H2,1-6H3/q+1. The number of Topliss-reactive ketones (excluding diaryl/α,β-unsaturated/α-hetero) is 1. The van der Waals surface area contributed by atoms with E-state index in [0.29, 0.717) is 0 Å². The van der Waals surface area contributed by atoms with Gasteiger partial charge in [0.2, 0.25) is 0 Å². The minimum atomic E-state index is 0.174. The molecule has 2 aromatic rings. The molecule has 0 aromatic heterocycles. The fraction of sp³-hybridized carbons (Fsp3) is 0.414. The summed E-state index contributed by atoms with van der Waals surface area (Å²) >= 11 is 0. The summed E-state index contributed by atoms with van der Waals surface area (Å²) in [4.78, 5) is 18.1. The fourth-order valence-electron chi connectivity index (χ4n) is 4.69. The quantitative estimate of drug-likeness (QED) is 0.395. The molecule has 0 N–H and O–H groups in total. The van der Waals surface area contributed by atoms with Gasteiger partial charge in [-0.1, -0.05) is 24.3 Å². The number of likely N-dealkylation sites (N-methyl/N-ethyl adjacent to an activating group) is 1. The Morgan fingerprint density at radius 2 is 1.00 bits per heavy atom. The summed E-state index contributed by atoms with van der Waals surface area (Å²) in [5, 5.41) is 0. The molecule has 1 fully saturated rings. The van der Waals surface area contributed by atoms with Crippen molar-refractivity contribution in [2.75, 3.05) is 63.2 Å². The van der Waals surface area contributed by atoms with Crippen LogP contribution < -0.4 is 9.80 Å². The van der Waals surface area contributed by atoms with Crippen LogP contribution in [0.25, 0.3) is 12.2 Å². The number of nitrogens with zero attached hydrogens (tertiary/aromatic N) is 3. The first-order valence-electron chi connectivity index (χ1n) is 12.3. The number of piperidine rings is 1. The third kappa shape index (κ3) is 6.14. The average Bonchev–Trinajstić information content (AvgIpc) is 2.80. The normalized spacial score (nSPS) is 18.1. The van der Waals surface area contributed by atoms with Crippen LogP contribution >= 0.6 is 0 Å². The Bertz CT molecular complexity index is 913. The lowest BCUT2D eigenvalue weighted by atomic mass is 9.93. The van der Waals surface area contributed by atoms with E-state index in [1.165, 1.54) is 11.4 Å². The fourth-order valence-corrected chi connectivity index (χ4v) is 4.69. The van der Waals surface area contributed by atoms with Crippen molar-refractivity contribution in [3.8, 4) is 0 Å². The molecule has 0 aliphatic carbocycles. The highest BCUT2D eigenvalue weighted by Crippen LogP contribution is 2.26. The van der Waals surface area contributed by atoms with Crippen LogP contribution in [0.4, 0.5) is 11.4 Å². The molecule has 0 radical (unpaired) electrons. The van der Waals surface area contributed by atoms with Crippen LogP contribution in [0, 0.1) is 0 Å². The average molecular weight is 447 g/mol. The number of carbonyl (C=O) groups is 1. The summed E-state index contributed by atoms with van der Waals surface area (Å²) in [6.45, 7) is 14.1. The van der Waals surface area contributed by atoms with E-state index >= 15 is 0 Å². The van der Waals surface area contributed by atoms with Crippen LogP contribution in [0.3, 0.4) is 0 Å². The van der Waals surface area contributed by atoms with E-state index in [-0.39, 0.29) is 5.78 Å². The number of likely N-dealkylation sites (tertiary alicyclic amines) is 1. The molecule has 0 bridgehead atoms. The molecule has 1 aliphatic heterocycles. The Labute approximate surface area is 200 Å². The minimum absolute atomic E-state index is 0.174. The maximum absolute atomic E-state index is 13.4. The summed E-state index contributed by atoms with van der Waals surface area (Å²) < 4.78 is 0.776. The number of anilines is 2. The van der Waals surface area contributed by atoms with Crippen LogP contribution in [-0.2, 0) is 4.79 Å². The van der Waals surface area contributed by atoms with Gasteiger partial charge in [-0.15, -0.1) is 0 Å². The Morgan fingerprint density at radius 3 is 1.30 bits per heavy atom. The van der Waals surface area contributed by atoms with Crippen molar-refractivity contribution < 1.29 is 9.28 Å². The van der Waals surface area contributed by atoms with Crippen LogP contribution in [-0.4, -0.2) is 63.6 Å². The monoisotopic (exact) mass is 446 g/mol. The summed E-state index contributed by atoms with van der Waals surface area (Å²) in [6, 6.07) is 17.1. The molecule has 33 heavy (non-hydrogen) atoms. The Hall–Kier alpha value is -2.85. The van der Waals surface area contributed by atoms with Gasteiger partial charge < -0.3 is 14.3 Å². The molecule has 0 amide bonds.